The van der Waals surface area contributed by atoms with Crippen LogP contribution in [0.15, 0.2) is 54.6 Å². The molecule has 2 aromatic rings. The molecule has 0 fully saturated rings. The molecule has 0 heterocycles. The molecule has 0 aliphatic carbocycles. The highest BCUT2D eigenvalue weighted by Crippen LogP contribution is 2.11. The predicted octanol–water partition coefficient (Wildman–Crippen LogP) is 3.01. The number of rotatable bonds is 6. The first kappa shape index (κ1) is 15.8. The lowest BCUT2D eigenvalue weighted by atomic mass is 10.1. The van der Waals surface area contributed by atoms with Gasteiger partial charge in [-0.05, 0) is 30.2 Å². The Hall–Kier alpha value is -2.62. The molecule has 0 saturated heterocycles. The Kier molecular flexibility index (Phi) is 5.72. The van der Waals surface area contributed by atoms with E-state index >= 15 is 0 Å². The van der Waals surface area contributed by atoms with E-state index in [1.807, 2.05) is 30.3 Å². The second-order valence-corrected chi connectivity index (χ2v) is 4.97. The first-order valence-electron chi connectivity index (χ1n) is 7.41. The highest BCUT2D eigenvalue weighted by atomic mass is 16.2. The molecule has 0 atom stereocenters. The van der Waals surface area contributed by atoms with Gasteiger partial charge in [0.1, 0.15) is 0 Å². The monoisotopic (exact) mass is 296 g/mol. The fourth-order valence-electron chi connectivity index (χ4n) is 2.05. The third-order valence-electron chi connectivity index (χ3n) is 3.27. The van der Waals surface area contributed by atoms with E-state index in [0.717, 1.165) is 6.42 Å². The molecule has 2 amide bonds. The summed E-state index contributed by atoms with van der Waals surface area (Å²) >= 11 is 0. The van der Waals surface area contributed by atoms with Gasteiger partial charge in [-0.25, -0.2) is 0 Å². The summed E-state index contributed by atoms with van der Waals surface area (Å²) in [5.41, 5.74) is 2.37. The zero-order valence-corrected chi connectivity index (χ0v) is 12.6. The lowest BCUT2D eigenvalue weighted by molar-refractivity contribution is -0.115. The SMILES string of the molecule is CCC(=O)Nc1cccc(C(=O)NCCc2ccccc2)c1. The maximum absolute atomic E-state index is 12.1. The van der Waals surface area contributed by atoms with Crippen LogP contribution >= 0.6 is 0 Å². The Bertz CT molecular complexity index is 639. The van der Waals surface area contributed by atoms with Crippen molar-refractivity contribution in [1.82, 2.24) is 5.32 Å². The number of anilines is 1. The van der Waals surface area contributed by atoms with E-state index in [1.54, 1.807) is 31.2 Å². The van der Waals surface area contributed by atoms with Gasteiger partial charge in [0.2, 0.25) is 5.91 Å². The van der Waals surface area contributed by atoms with Gasteiger partial charge in [-0.15, -0.1) is 0 Å². The van der Waals surface area contributed by atoms with Crippen molar-refractivity contribution in [3.8, 4) is 0 Å². The van der Waals surface area contributed by atoms with Crippen molar-refractivity contribution in [1.29, 1.82) is 0 Å². The van der Waals surface area contributed by atoms with Gasteiger partial charge in [0, 0.05) is 24.2 Å². The first-order chi connectivity index (χ1) is 10.7. The van der Waals surface area contributed by atoms with Crippen molar-refractivity contribution in [3.63, 3.8) is 0 Å². The second-order valence-electron chi connectivity index (χ2n) is 4.97. The van der Waals surface area contributed by atoms with Gasteiger partial charge in [0.15, 0.2) is 0 Å². The Morgan fingerprint density at radius 3 is 2.50 bits per heavy atom. The van der Waals surface area contributed by atoms with Crippen molar-refractivity contribution in [2.75, 3.05) is 11.9 Å². The third-order valence-corrected chi connectivity index (χ3v) is 3.27. The van der Waals surface area contributed by atoms with E-state index in [1.165, 1.54) is 5.56 Å². The number of nitrogens with one attached hydrogen (secondary N) is 2. The molecule has 2 rings (SSSR count). The number of benzene rings is 2. The minimum Gasteiger partial charge on any atom is -0.352 e. The van der Waals surface area contributed by atoms with E-state index in [-0.39, 0.29) is 11.8 Å². The van der Waals surface area contributed by atoms with Crippen molar-refractivity contribution in [3.05, 3.63) is 65.7 Å². The van der Waals surface area contributed by atoms with Crippen molar-refractivity contribution >= 4 is 17.5 Å². The molecule has 114 valence electrons. The average molecular weight is 296 g/mol. The van der Waals surface area contributed by atoms with Crippen LogP contribution < -0.4 is 10.6 Å². The van der Waals surface area contributed by atoms with Gasteiger partial charge in [0.25, 0.3) is 5.91 Å². The lowest BCUT2D eigenvalue weighted by Gasteiger charge is -2.08. The van der Waals surface area contributed by atoms with Crippen LogP contribution in [-0.2, 0) is 11.2 Å². The molecule has 0 radical (unpaired) electrons. The Balaban J connectivity index is 1.89. The average Bonchev–Trinajstić information content (AvgIpc) is 2.56. The van der Waals surface area contributed by atoms with E-state index < -0.39 is 0 Å². The summed E-state index contributed by atoms with van der Waals surface area (Å²) in [6.07, 6.45) is 1.20. The van der Waals surface area contributed by atoms with Crippen LogP contribution in [0.4, 0.5) is 5.69 Å². The van der Waals surface area contributed by atoms with Gasteiger partial charge in [-0.3, -0.25) is 9.59 Å². The predicted molar refractivity (Wildman–Crippen MR) is 87.8 cm³/mol. The zero-order valence-electron chi connectivity index (χ0n) is 12.6. The highest BCUT2D eigenvalue weighted by molar-refractivity contribution is 5.97. The molecule has 0 aliphatic rings. The fraction of sp³-hybridized carbons (Fsp3) is 0.222. The standard InChI is InChI=1S/C18H20N2O2/c1-2-17(21)20-16-10-6-9-15(13-16)18(22)19-12-11-14-7-4-3-5-8-14/h3-10,13H,2,11-12H2,1H3,(H,19,22)(H,20,21). The van der Waals surface area contributed by atoms with Gasteiger partial charge in [-0.2, -0.15) is 0 Å². The zero-order chi connectivity index (χ0) is 15.8. The number of hydrogen-bond donors (Lipinski definition) is 2. The van der Waals surface area contributed by atoms with Crippen LogP contribution in [0.1, 0.15) is 29.3 Å². The minimum absolute atomic E-state index is 0.0679. The number of carbonyl (C=O) groups excluding carboxylic acids is 2. The van der Waals surface area contributed by atoms with Crippen LogP contribution in [-0.4, -0.2) is 18.4 Å². The maximum Gasteiger partial charge on any atom is 0.251 e. The van der Waals surface area contributed by atoms with Gasteiger partial charge in [-0.1, -0.05) is 43.3 Å². The molecule has 2 aromatic carbocycles. The number of amides is 2. The maximum atomic E-state index is 12.1. The lowest BCUT2D eigenvalue weighted by Crippen LogP contribution is -2.25. The third kappa shape index (κ3) is 4.74. The Morgan fingerprint density at radius 1 is 1.00 bits per heavy atom. The van der Waals surface area contributed by atoms with E-state index in [0.29, 0.717) is 24.2 Å². The number of hydrogen-bond acceptors (Lipinski definition) is 2. The second kappa shape index (κ2) is 7.98. The largest absolute Gasteiger partial charge is 0.352 e. The summed E-state index contributed by atoms with van der Waals surface area (Å²) in [5.74, 6) is -0.204. The molecular formula is C18H20N2O2. The molecular weight excluding hydrogens is 276 g/mol. The molecule has 0 saturated carbocycles. The highest BCUT2D eigenvalue weighted by Gasteiger charge is 2.07. The van der Waals surface area contributed by atoms with Gasteiger partial charge >= 0.3 is 0 Å². The van der Waals surface area contributed by atoms with Gasteiger partial charge in [0.05, 0.1) is 0 Å². The minimum atomic E-state index is -0.136. The smallest absolute Gasteiger partial charge is 0.251 e. The molecule has 0 spiro atoms. The molecule has 0 aliphatic heterocycles. The summed E-state index contributed by atoms with van der Waals surface area (Å²) in [4.78, 5) is 23.5. The van der Waals surface area contributed by atoms with Crippen molar-refractivity contribution < 1.29 is 9.59 Å². The van der Waals surface area contributed by atoms with E-state index in [2.05, 4.69) is 10.6 Å². The van der Waals surface area contributed by atoms with Crippen LogP contribution in [0, 0.1) is 0 Å². The fourth-order valence-corrected chi connectivity index (χ4v) is 2.05. The summed E-state index contributed by atoms with van der Waals surface area (Å²) < 4.78 is 0. The summed E-state index contributed by atoms with van der Waals surface area (Å²) in [6, 6.07) is 17.0. The van der Waals surface area contributed by atoms with Gasteiger partial charge < -0.3 is 10.6 Å². The van der Waals surface area contributed by atoms with Crippen LogP contribution in [0.2, 0.25) is 0 Å². The molecule has 22 heavy (non-hydrogen) atoms. The molecule has 4 nitrogen and oxygen atoms in total. The van der Waals surface area contributed by atoms with Crippen molar-refractivity contribution in [2.24, 2.45) is 0 Å². The summed E-state index contributed by atoms with van der Waals surface area (Å²) in [5, 5.41) is 5.64. The molecule has 4 heteroatoms. The van der Waals surface area contributed by atoms with E-state index in [9.17, 15) is 9.59 Å². The molecule has 0 bridgehead atoms. The molecule has 0 unspecified atom stereocenters. The van der Waals surface area contributed by atoms with Crippen LogP contribution in [0.25, 0.3) is 0 Å². The topological polar surface area (TPSA) is 58.2 Å². The van der Waals surface area contributed by atoms with E-state index in [4.69, 9.17) is 0 Å². The van der Waals surface area contributed by atoms with Crippen molar-refractivity contribution in [2.45, 2.75) is 19.8 Å². The Morgan fingerprint density at radius 2 is 1.77 bits per heavy atom. The Labute approximate surface area is 130 Å². The number of carbonyl (C=O) groups is 2. The normalized spacial score (nSPS) is 10.0. The molecule has 2 N–H and O–H groups in total. The quantitative estimate of drug-likeness (QED) is 0.861. The summed E-state index contributed by atoms with van der Waals surface area (Å²) in [7, 11) is 0. The van der Waals surface area contributed by atoms with Crippen LogP contribution in [0.3, 0.4) is 0 Å². The molecule has 0 aromatic heterocycles. The first-order valence-corrected chi connectivity index (χ1v) is 7.41. The van der Waals surface area contributed by atoms with Crippen LogP contribution in [0.5, 0.6) is 0 Å². The summed E-state index contributed by atoms with van der Waals surface area (Å²) in [6.45, 7) is 2.36.